The summed E-state index contributed by atoms with van der Waals surface area (Å²) in [7, 11) is 0. The number of aromatic carboxylic acids is 1. The SMILES string of the molecule is CC(C)CC(=O)Nc1ccc(Br)c(C(=O)O)c1. The third kappa shape index (κ3) is 4.19. The first-order valence-electron chi connectivity index (χ1n) is 5.23. The summed E-state index contributed by atoms with van der Waals surface area (Å²) in [4.78, 5) is 22.4. The van der Waals surface area contributed by atoms with Crippen molar-refractivity contribution in [1.82, 2.24) is 0 Å². The van der Waals surface area contributed by atoms with Gasteiger partial charge in [-0.15, -0.1) is 0 Å². The van der Waals surface area contributed by atoms with E-state index in [0.717, 1.165) is 0 Å². The number of nitrogens with one attached hydrogen (secondary N) is 1. The minimum Gasteiger partial charge on any atom is -0.478 e. The second kappa shape index (κ2) is 5.82. The fourth-order valence-corrected chi connectivity index (χ4v) is 1.77. The van der Waals surface area contributed by atoms with Crippen LogP contribution in [0, 0.1) is 5.92 Å². The first-order valence-corrected chi connectivity index (χ1v) is 6.02. The lowest BCUT2D eigenvalue weighted by Gasteiger charge is -2.08. The van der Waals surface area contributed by atoms with E-state index in [4.69, 9.17) is 5.11 Å². The predicted octanol–water partition coefficient (Wildman–Crippen LogP) is 3.13. The number of carbonyl (C=O) groups excluding carboxylic acids is 1. The van der Waals surface area contributed by atoms with Crippen LogP contribution in [0.1, 0.15) is 30.6 Å². The van der Waals surface area contributed by atoms with Crippen LogP contribution in [0.4, 0.5) is 5.69 Å². The molecule has 1 amide bonds. The van der Waals surface area contributed by atoms with Crippen LogP contribution in [0.5, 0.6) is 0 Å². The number of anilines is 1. The van der Waals surface area contributed by atoms with Crippen molar-refractivity contribution < 1.29 is 14.7 Å². The van der Waals surface area contributed by atoms with Gasteiger partial charge in [-0.3, -0.25) is 4.79 Å². The van der Waals surface area contributed by atoms with Gasteiger partial charge in [-0.25, -0.2) is 4.79 Å². The van der Waals surface area contributed by atoms with Crippen molar-refractivity contribution in [2.45, 2.75) is 20.3 Å². The van der Waals surface area contributed by atoms with E-state index >= 15 is 0 Å². The molecule has 0 atom stereocenters. The van der Waals surface area contributed by atoms with E-state index in [1.807, 2.05) is 13.8 Å². The van der Waals surface area contributed by atoms with Crippen molar-refractivity contribution in [2.75, 3.05) is 5.32 Å². The van der Waals surface area contributed by atoms with Gasteiger partial charge >= 0.3 is 5.97 Å². The third-order valence-electron chi connectivity index (χ3n) is 2.07. The van der Waals surface area contributed by atoms with Gasteiger partial charge in [-0.05, 0) is 40.0 Å². The van der Waals surface area contributed by atoms with Gasteiger partial charge in [-0.1, -0.05) is 13.8 Å². The van der Waals surface area contributed by atoms with Crippen LogP contribution in [0.3, 0.4) is 0 Å². The number of hydrogen-bond acceptors (Lipinski definition) is 2. The van der Waals surface area contributed by atoms with Gasteiger partial charge in [0.1, 0.15) is 0 Å². The molecule has 0 aliphatic heterocycles. The van der Waals surface area contributed by atoms with Crippen molar-refractivity contribution in [3.8, 4) is 0 Å². The van der Waals surface area contributed by atoms with Crippen LogP contribution in [-0.4, -0.2) is 17.0 Å². The minimum absolute atomic E-state index is 0.112. The lowest BCUT2D eigenvalue weighted by Crippen LogP contribution is -2.14. The molecule has 0 spiro atoms. The van der Waals surface area contributed by atoms with Gasteiger partial charge < -0.3 is 10.4 Å². The van der Waals surface area contributed by atoms with Crippen molar-refractivity contribution in [1.29, 1.82) is 0 Å². The Labute approximate surface area is 108 Å². The summed E-state index contributed by atoms with van der Waals surface area (Å²) in [6.45, 7) is 3.90. The predicted molar refractivity (Wildman–Crippen MR) is 69.2 cm³/mol. The maximum absolute atomic E-state index is 11.5. The Hall–Kier alpha value is -1.36. The average molecular weight is 300 g/mol. The van der Waals surface area contributed by atoms with Gasteiger partial charge in [0.25, 0.3) is 0 Å². The van der Waals surface area contributed by atoms with E-state index in [-0.39, 0.29) is 17.4 Å². The molecule has 1 rings (SSSR count). The van der Waals surface area contributed by atoms with Crippen LogP contribution in [0.2, 0.25) is 0 Å². The van der Waals surface area contributed by atoms with E-state index < -0.39 is 5.97 Å². The smallest absolute Gasteiger partial charge is 0.336 e. The molecular weight excluding hydrogens is 286 g/mol. The summed E-state index contributed by atoms with van der Waals surface area (Å²) in [5.74, 6) is -0.875. The molecule has 0 aliphatic rings. The summed E-state index contributed by atoms with van der Waals surface area (Å²) in [6, 6.07) is 4.70. The molecule has 17 heavy (non-hydrogen) atoms. The zero-order valence-electron chi connectivity index (χ0n) is 9.66. The first kappa shape index (κ1) is 13.7. The first-order chi connectivity index (χ1) is 7.90. The summed E-state index contributed by atoms with van der Waals surface area (Å²) < 4.78 is 0.492. The van der Waals surface area contributed by atoms with Crippen LogP contribution >= 0.6 is 15.9 Å². The Balaban J connectivity index is 2.82. The normalized spacial score (nSPS) is 10.4. The zero-order chi connectivity index (χ0) is 13.0. The molecule has 0 aromatic heterocycles. The van der Waals surface area contributed by atoms with Gasteiger partial charge in [0.2, 0.25) is 5.91 Å². The fraction of sp³-hybridized carbons (Fsp3) is 0.333. The summed E-state index contributed by atoms with van der Waals surface area (Å²) in [5, 5.41) is 11.6. The Morgan fingerprint density at radius 1 is 1.41 bits per heavy atom. The fourth-order valence-electron chi connectivity index (χ4n) is 1.35. The van der Waals surface area contributed by atoms with E-state index in [1.165, 1.54) is 6.07 Å². The number of halogens is 1. The molecule has 0 aliphatic carbocycles. The molecule has 1 aromatic rings. The minimum atomic E-state index is -1.03. The molecule has 0 fully saturated rings. The highest BCUT2D eigenvalue weighted by molar-refractivity contribution is 9.10. The van der Waals surface area contributed by atoms with Crippen molar-refractivity contribution in [3.63, 3.8) is 0 Å². The third-order valence-corrected chi connectivity index (χ3v) is 2.77. The van der Waals surface area contributed by atoms with Gasteiger partial charge in [-0.2, -0.15) is 0 Å². The number of carboxylic acids is 1. The molecular formula is C12H14BrNO3. The molecule has 92 valence electrons. The molecule has 1 aromatic carbocycles. The van der Waals surface area contributed by atoms with Crippen molar-refractivity contribution in [2.24, 2.45) is 5.92 Å². The van der Waals surface area contributed by atoms with Crippen LogP contribution < -0.4 is 5.32 Å². The summed E-state index contributed by atoms with van der Waals surface area (Å²) in [5.41, 5.74) is 0.628. The molecule has 5 heteroatoms. The Morgan fingerprint density at radius 3 is 2.59 bits per heavy atom. The average Bonchev–Trinajstić information content (AvgIpc) is 2.19. The van der Waals surface area contributed by atoms with Crippen molar-refractivity contribution in [3.05, 3.63) is 28.2 Å². The largest absolute Gasteiger partial charge is 0.478 e. The van der Waals surface area contributed by atoms with E-state index in [9.17, 15) is 9.59 Å². The highest BCUT2D eigenvalue weighted by atomic mass is 79.9. The number of carbonyl (C=O) groups is 2. The van der Waals surface area contributed by atoms with Gasteiger partial charge in [0.15, 0.2) is 0 Å². The second-order valence-corrected chi connectivity index (χ2v) is 5.00. The Bertz CT molecular complexity index is 443. The van der Waals surface area contributed by atoms with Crippen molar-refractivity contribution >= 4 is 33.5 Å². The lowest BCUT2D eigenvalue weighted by atomic mass is 10.1. The maximum Gasteiger partial charge on any atom is 0.336 e. The number of amides is 1. The van der Waals surface area contributed by atoms with Gasteiger partial charge in [0, 0.05) is 16.6 Å². The molecule has 0 radical (unpaired) electrons. The summed E-state index contributed by atoms with van der Waals surface area (Å²) >= 11 is 3.14. The Kier molecular flexibility index (Phi) is 4.69. The molecule has 0 saturated heterocycles. The van der Waals surface area contributed by atoms with Crippen LogP contribution in [0.25, 0.3) is 0 Å². The highest BCUT2D eigenvalue weighted by Crippen LogP contribution is 2.21. The molecule has 2 N–H and O–H groups in total. The van der Waals surface area contributed by atoms with E-state index in [1.54, 1.807) is 12.1 Å². The number of carboxylic acid groups (broad SMARTS) is 1. The molecule has 0 saturated carbocycles. The highest BCUT2D eigenvalue weighted by Gasteiger charge is 2.11. The molecule has 0 bridgehead atoms. The number of rotatable bonds is 4. The van der Waals surface area contributed by atoms with E-state index in [2.05, 4.69) is 21.2 Å². The topological polar surface area (TPSA) is 66.4 Å². The van der Waals surface area contributed by atoms with Gasteiger partial charge in [0.05, 0.1) is 5.56 Å². The molecule has 4 nitrogen and oxygen atoms in total. The molecule has 0 heterocycles. The summed E-state index contributed by atoms with van der Waals surface area (Å²) in [6.07, 6.45) is 0.415. The number of benzene rings is 1. The lowest BCUT2D eigenvalue weighted by molar-refractivity contribution is -0.116. The maximum atomic E-state index is 11.5. The quantitative estimate of drug-likeness (QED) is 0.897. The monoisotopic (exact) mass is 299 g/mol. The van der Waals surface area contributed by atoms with E-state index in [0.29, 0.717) is 16.6 Å². The Morgan fingerprint density at radius 2 is 2.06 bits per heavy atom. The zero-order valence-corrected chi connectivity index (χ0v) is 11.2. The van der Waals surface area contributed by atoms with Crippen LogP contribution in [-0.2, 0) is 4.79 Å². The molecule has 0 unspecified atom stereocenters. The van der Waals surface area contributed by atoms with Crippen LogP contribution in [0.15, 0.2) is 22.7 Å². The number of hydrogen-bond donors (Lipinski definition) is 2. The standard InChI is InChI=1S/C12H14BrNO3/c1-7(2)5-11(15)14-8-3-4-10(13)9(6-8)12(16)17/h3-4,6-7H,5H2,1-2H3,(H,14,15)(H,16,17). The second-order valence-electron chi connectivity index (χ2n) is 4.15.